The van der Waals surface area contributed by atoms with Gasteiger partial charge in [-0.25, -0.2) is 9.59 Å². The third-order valence-corrected chi connectivity index (χ3v) is 4.52. The van der Waals surface area contributed by atoms with Crippen LogP contribution in [-0.2, 0) is 28.9 Å². The second-order valence-corrected chi connectivity index (χ2v) is 6.24. The summed E-state index contributed by atoms with van der Waals surface area (Å²) >= 11 is 0. The number of hydrogen-bond acceptors (Lipinski definition) is 3. The first-order chi connectivity index (χ1) is 11.6. The topological polar surface area (TPSA) is 83.2 Å². The Bertz CT molecular complexity index is 766. The summed E-state index contributed by atoms with van der Waals surface area (Å²) in [6.07, 6.45) is 4.71. The molecule has 0 radical (unpaired) electrons. The minimum atomic E-state index is -0.672. The van der Waals surface area contributed by atoms with Gasteiger partial charge >= 0.3 is 12.0 Å². The van der Waals surface area contributed by atoms with E-state index >= 15 is 0 Å². The number of H-pyrrole nitrogens is 1. The monoisotopic (exact) mass is 329 g/mol. The Morgan fingerprint density at radius 2 is 2.08 bits per heavy atom. The molecule has 0 aliphatic heterocycles. The number of fused-ring (bicyclic) bond motifs is 3. The van der Waals surface area contributed by atoms with E-state index in [9.17, 15) is 9.59 Å². The van der Waals surface area contributed by atoms with E-state index in [4.69, 9.17) is 0 Å². The van der Waals surface area contributed by atoms with Crippen LogP contribution in [0, 0.1) is 0 Å². The van der Waals surface area contributed by atoms with Gasteiger partial charge in [-0.05, 0) is 55.9 Å². The number of esters is 1. The Labute approximate surface area is 141 Å². The number of aryl methyl sites for hydroxylation is 2. The number of hydrogen-bond donors (Lipinski definition) is 3. The Morgan fingerprint density at radius 1 is 1.29 bits per heavy atom. The maximum atomic E-state index is 11.9. The minimum absolute atomic E-state index is 0.385. The van der Waals surface area contributed by atoms with Gasteiger partial charge in [0.15, 0.2) is 0 Å². The largest absolute Gasteiger partial charge is 0.467 e. The summed E-state index contributed by atoms with van der Waals surface area (Å²) in [5, 5.41) is 6.59. The number of rotatable bonds is 4. The highest BCUT2D eigenvalue weighted by atomic mass is 16.5. The fraction of sp³-hybridized carbons (Fsp3) is 0.444. The van der Waals surface area contributed by atoms with Crippen molar-refractivity contribution in [3.63, 3.8) is 0 Å². The number of methoxy groups -OCH3 is 1. The van der Waals surface area contributed by atoms with Crippen LogP contribution in [0.1, 0.15) is 36.6 Å². The van der Waals surface area contributed by atoms with Crippen LogP contribution in [0.4, 0.5) is 4.79 Å². The Morgan fingerprint density at radius 3 is 2.88 bits per heavy atom. The molecule has 3 N–H and O–H groups in total. The van der Waals surface area contributed by atoms with Gasteiger partial charge in [-0.15, -0.1) is 0 Å². The van der Waals surface area contributed by atoms with E-state index in [1.54, 1.807) is 6.92 Å². The molecule has 2 amide bonds. The van der Waals surface area contributed by atoms with Crippen LogP contribution < -0.4 is 10.6 Å². The molecule has 0 saturated carbocycles. The fourth-order valence-corrected chi connectivity index (χ4v) is 3.23. The van der Waals surface area contributed by atoms with E-state index in [1.165, 1.54) is 36.6 Å². The predicted octanol–water partition coefficient (Wildman–Crippen LogP) is 2.41. The molecule has 0 unspecified atom stereocenters. The van der Waals surface area contributed by atoms with E-state index in [0.29, 0.717) is 6.54 Å². The van der Waals surface area contributed by atoms with Gasteiger partial charge in [-0.2, -0.15) is 0 Å². The van der Waals surface area contributed by atoms with Crippen LogP contribution in [-0.4, -0.2) is 30.1 Å². The summed E-state index contributed by atoms with van der Waals surface area (Å²) in [5.74, 6) is -0.467. The number of aromatic nitrogens is 1. The highest BCUT2D eigenvalue weighted by Gasteiger charge is 2.17. The normalized spacial score (nSPS) is 14.8. The molecule has 24 heavy (non-hydrogen) atoms. The molecule has 0 saturated heterocycles. The van der Waals surface area contributed by atoms with Crippen molar-refractivity contribution in [3.8, 4) is 0 Å². The number of urea groups is 1. The average Bonchev–Trinajstić information content (AvgIpc) is 2.97. The summed E-state index contributed by atoms with van der Waals surface area (Å²) in [5.41, 5.74) is 4.97. The lowest BCUT2D eigenvalue weighted by Gasteiger charge is -2.13. The lowest BCUT2D eigenvalue weighted by Crippen LogP contribution is -2.44. The van der Waals surface area contributed by atoms with Crippen molar-refractivity contribution in [1.29, 1.82) is 0 Å². The van der Waals surface area contributed by atoms with E-state index in [2.05, 4.69) is 32.5 Å². The van der Waals surface area contributed by atoms with Gasteiger partial charge in [-0.3, -0.25) is 0 Å². The Kier molecular flexibility index (Phi) is 4.74. The van der Waals surface area contributed by atoms with Crippen LogP contribution in [0.3, 0.4) is 0 Å². The first kappa shape index (κ1) is 16.4. The Hall–Kier alpha value is -2.50. The van der Waals surface area contributed by atoms with Crippen molar-refractivity contribution in [1.82, 2.24) is 15.6 Å². The van der Waals surface area contributed by atoms with Gasteiger partial charge in [0, 0.05) is 23.1 Å². The quantitative estimate of drug-likeness (QED) is 0.753. The zero-order valence-corrected chi connectivity index (χ0v) is 14.1. The molecular formula is C18H23N3O3. The van der Waals surface area contributed by atoms with Crippen LogP contribution in [0.15, 0.2) is 18.2 Å². The molecule has 1 aliphatic rings. The molecule has 128 valence electrons. The molecule has 3 rings (SSSR count). The molecule has 1 aromatic carbocycles. The van der Waals surface area contributed by atoms with Gasteiger partial charge < -0.3 is 20.4 Å². The van der Waals surface area contributed by atoms with Gasteiger partial charge in [0.2, 0.25) is 0 Å². The predicted molar refractivity (Wildman–Crippen MR) is 91.8 cm³/mol. The molecule has 1 atom stereocenters. The standard InChI is InChI=1S/C18H23N3O3/c1-11(17(22)24-2)20-18(23)19-10-12-7-8-16-14(9-12)13-5-3-4-6-15(13)21-16/h7-9,11,21H,3-6,10H2,1-2H3,(H2,19,20,23)/t11-/m0/s1. The van der Waals surface area contributed by atoms with Gasteiger partial charge in [0.25, 0.3) is 0 Å². The van der Waals surface area contributed by atoms with Gasteiger partial charge in [-0.1, -0.05) is 6.07 Å². The number of amides is 2. The summed E-state index contributed by atoms with van der Waals surface area (Å²) in [6, 6.07) is 5.16. The highest BCUT2D eigenvalue weighted by molar-refractivity contribution is 5.86. The first-order valence-corrected chi connectivity index (χ1v) is 8.33. The van der Waals surface area contributed by atoms with Crippen molar-refractivity contribution in [2.24, 2.45) is 0 Å². The number of carbonyl (C=O) groups excluding carboxylic acids is 2. The minimum Gasteiger partial charge on any atom is -0.467 e. The molecule has 0 fully saturated rings. The van der Waals surface area contributed by atoms with Crippen LogP contribution in [0.2, 0.25) is 0 Å². The molecule has 0 bridgehead atoms. The second kappa shape index (κ2) is 6.95. The molecule has 1 heterocycles. The SMILES string of the molecule is COC(=O)[C@H](C)NC(=O)NCc1ccc2[nH]c3c(c2c1)CCCC3. The highest BCUT2D eigenvalue weighted by Crippen LogP contribution is 2.29. The van der Waals surface area contributed by atoms with Crippen molar-refractivity contribution in [3.05, 3.63) is 35.0 Å². The smallest absolute Gasteiger partial charge is 0.328 e. The lowest BCUT2D eigenvalue weighted by atomic mass is 9.95. The summed E-state index contributed by atoms with van der Waals surface area (Å²) in [4.78, 5) is 26.7. The summed E-state index contributed by atoms with van der Waals surface area (Å²) in [6.45, 7) is 2.00. The number of ether oxygens (including phenoxy) is 1. The molecule has 1 aromatic heterocycles. The Balaban J connectivity index is 1.65. The average molecular weight is 329 g/mol. The number of carbonyl (C=O) groups is 2. The maximum Gasteiger partial charge on any atom is 0.328 e. The first-order valence-electron chi connectivity index (χ1n) is 8.33. The zero-order chi connectivity index (χ0) is 17.1. The molecule has 2 aromatic rings. The van der Waals surface area contributed by atoms with E-state index in [-0.39, 0.29) is 6.03 Å². The summed E-state index contributed by atoms with van der Waals surface area (Å²) < 4.78 is 4.58. The van der Waals surface area contributed by atoms with E-state index in [1.807, 2.05) is 6.07 Å². The van der Waals surface area contributed by atoms with E-state index in [0.717, 1.165) is 23.9 Å². The second-order valence-electron chi connectivity index (χ2n) is 6.24. The van der Waals surface area contributed by atoms with Crippen molar-refractivity contribution < 1.29 is 14.3 Å². The van der Waals surface area contributed by atoms with Crippen molar-refractivity contribution >= 4 is 22.9 Å². The summed E-state index contributed by atoms with van der Waals surface area (Å²) in [7, 11) is 1.30. The van der Waals surface area contributed by atoms with Gasteiger partial charge in [0.1, 0.15) is 6.04 Å². The van der Waals surface area contributed by atoms with Crippen molar-refractivity contribution in [2.45, 2.75) is 45.2 Å². The van der Waals surface area contributed by atoms with Gasteiger partial charge in [0.05, 0.1) is 7.11 Å². The maximum absolute atomic E-state index is 11.9. The number of benzene rings is 1. The van der Waals surface area contributed by atoms with Crippen LogP contribution in [0.25, 0.3) is 10.9 Å². The third-order valence-electron chi connectivity index (χ3n) is 4.52. The number of nitrogens with one attached hydrogen (secondary N) is 3. The fourth-order valence-electron chi connectivity index (χ4n) is 3.23. The third kappa shape index (κ3) is 3.37. The van der Waals surface area contributed by atoms with Crippen molar-refractivity contribution in [2.75, 3.05) is 7.11 Å². The molecule has 6 nitrogen and oxygen atoms in total. The van der Waals surface area contributed by atoms with Crippen LogP contribution >= 0.6 is 0 Å². The van der Waals surface area contributed by atoms with Crippen LogP contribution in [0.5, 0.6) is 0 Å². The lowest BCUT2D eigenvalue weighted by molar-refractivity contribution is -0.142. The molecular weight excluding hydrogens is 306 g/mol. The molecule has 6 heteroatoms. The zero-order valence-electron chi connectivity index (χ0n) is 14.1. The molecule has 1 aliphatic carbocycles. The number of aromatic amines is 1. The van der Waals surface area contributed by atoms with E-state index < -0.39 is 12.0 Å². The molecule has 0 spiro atoms.